The van der Waals surface area contributed by atoms with Crippen LogP contribution in [0.25, 0.3) is 0 Å². The lowest BCUT2D eigenvalue weighted by atomic mass is 10.6. The molecule has 0 radical (unpaired) electrons. The van der Waals surface area contributed by atoms with Gasteiger partial charge in [0.1, 0.15) is 5.00 Å². The van der Waals surface area contributed by atoms with Gasteiger partial charge < -0.3 is 15.6 Å². The molecular weight excluding hydrogens is 202 g/mol. The van der Waals surface area contributed by atoms with Crippen LogP contribution in [0, 0.1) is 6.92 Å². The van der Waals surface area contributed by atoms with E-state index < -0.39 is 0 Å². The van der Waals surface area contributed by atoms with Gasteiger partial charge in [0.2, 0.25) is 5.89 Å². The Kier molecular flexibility index (Phi) is 2.32. The standard InChI is InChI=1S/C7H9N5OS/c1-4-11-6(12-13-4)3-10-7-9-2-5(8)14-7/h2H,3,8H2,1H3,(H,9,10). The lowest BCUT2D eigenvalue weighted by molar-refractivity contribution is 0.388. The van der Waals surface area contributed by atoms with E-state index in [2.05, 4.69) is 20.4 Å². The fourth-order valence-corrected chi connectivity index (χ4v) is 1.51. The topological polar surface area (TPSA) is 89.9 Å². The first-order valence-electron chi connectivity index (χ1n) is 3.98. The van der Waals surface area contributed by atoms with Gasteiger partial charge in [-0.25, -0.2) is 4.98 Å². The third-order valence-corrected chi connectivity index (χ3v) is 2.28. The van der Waals surface area contributed by atoms with Crippen LogP contribution in [0.3, 0.4) is 0 Å². The zero-order valence-corrected chi connectivity index (χ0v) is 8.34. The van der Waals surface area contributed by atoms with E-state index in [0.717, 1.165) is 5.13 Å². The van der Waals surface area contributed by atoms with Gasteiger partial charge >= 0.3 is 0 Å². The summed E-state index contributed by atoms with van der Waals surface area (Å²) in [4.78, 5) is 8.07. The molecule has 0 atom stereocenters. The molecule has 0 bridgehead atoms. The zero-order valence-electron chi connectivity index (χ0n) is 7.52. The molecule has 0 aliphatic heterocycles. The summed E-state index contributed by atoms with van der Waals surface area (Å²) in [7, 11) is 0. The van der Waals surface area contributed by atoms with E-state index in [4.69, 9.17) is 10.3 Å². The minimum absolute atomic E-state index is 0.490. The second-order valence-corrected chi connectivity index (χ2v) is 3.71. The van der Waals surface area contributed by atoms with E-state index >= 15 is 0 Å². The molecule has 2 aromatic heterocycles. The van der Waals surface area contributed by atoms with Gasteiger partial charge in [0.15, 0.2) is 11.0 Å². The lowest BCUT2D eigenvalue weighted by Crippen LogP contribution is -2.00. The van der Waals surface area contributed by atoms with Crippen molar-refractivity contribution in [2.24, 2.45) is 0 Å². The molecule has 0 unspecified atom stereocenters. The van der Waals surface area contributed by atoms with Crippen LogP contribution < -0.4 is 11.1 Å². The smallest absolute Gasteiger partial charge is 0.223 e. The predicted octanol–water partition coefficient (Wildman–Crippen LogP) is 1.03. The Balaban J connectivity index is 1.94. The molecule has 0 aliphatic carbocycles. The molecule has 2 rings (SSSR count). The molecule has 0 amide bonds. The van der Waals surface area contributed by atoms with Crippen molar-refractivity contribution in [3.63, 3.8) is 0 Å². The highest BCUT2D eigenvalue weighted by Gasteiger charge is 2.03. The number of hydrogen-bond acceptors (Lipinski definition) is 7. The van der Waals surface area contributed by atoms with Crippen LogP contribution in [-0.4, -0.2) is 15.1 Å². The Morgan fingerprint density at radius 1 is 1.64 bits per heavy atom. The summed E-state index contributed by atoms with van der Waals surface area (Å²) in [6, 6.07) is 0. The fourth-order valence-electron chi connectivity index (χ4n) is 0.936. The van der Waals surface area contributed by atoms with Crippen LogP contribution in [0.5, 0.6) is 0 Å². The number of aryl methyl sites for hydroxylation is 1. The summed E-state index contributed by atoms with van der Waals surface area (Å²) in [6.07, 6.45) is 1.61. The second kappa shape index (κ2) is 3.62. The third kappa shape index (κ3) is 1.99. The molecule has 0 aromatic carbocycles. The van der Waals surface area contributed by atoms with Crippen molar-refractivity contribution in [1.82, 2.24) is 15.1 Å². The Morgan fingerprint density at radius 2 is 2.50 bits per heavy atom. The normalized spacial score (nSPS) is 10.4. The molecule has 0 aliphatic rings. The Labute approximate surface area is 84.2 Å². The molecule has 14 heavy (non-hydrogen) atoms. The second-order valence-electron chi connectivity index (χ2n) is 2.65. The summed E-state index contributed by atoms with van der Waals surface area (Å²) < 4.78 is 4.82. The Hall–Kier alpha value is -1.63. The van der Waals surface area contributed by atoms with Crippen molar-refractivity contribution >= 4 is 21.5 Å². The van der Waals surface area contributed by atoms with Crippen LogP contribution in [0.4, 0.5) is 10.1 Å². The summed E-state index contributed by atoms with van der Waals surface area (Å²) in [5.41, 5.74) is 5.52. The maximum Gasteiger partial charge on any atom is 0.223 e. The quantitative estimate of drug-likeness (QED) is 0.788. The molecule has 2 aromatic rings. The number of nitrogens with zero attached hydrogens (tertiary/aromatic N) is 3. The van der Waals surface area contributed by atoms with Crippen molar-refractivity contribution < 1.29 is 4.52 Å². The largest absolute Gasteiger partial charge is 0.389 e. The first kappa shape index (κ1) is 8.95. The Morgan fingerprint density at radius 3 is 3.07 bits per heavy atom. The summed E-state index contributed by atoms with van der Waals surface area (Å²) in [5.74, 6) is 1.16. The van der Waals surface area contributed by atoms with Crippen LogP contribution in [0.15, 0.2) is 10.7 Å². The summed E-state index contributed by atoms with van der Waals surface area (Å²) in [5, 5.41) is 8.20. The van der Waals surface area contributed by atoms with E-state index in [9.17, 15) is 0 Å². The number of anilines is 2. The number of nitrogens with two attached hydrogens (primary N) is 1. The predicted molar refractivity (Wildman–Crippen MR) is 52.9 cm³/mol. The maximum atomic E-state index is 5.52. The minimum atomic E-state index is 0.490. The highest BCUT2D eigenvalue weighted by molar-refractivity contribution is 7.19. The van der Waals surface area contributed by atoms with Crippen molar-refractivity contribution in [2.75, 3.05) is 11.1 Å². The first-order chi connectivity index (χ1) is 6.74. The average molecular weight is 211 g/mol. The molecule has 6 nitrogen and oxygen atoms in total. The SMILES string of the molecule is Cc1nc(CNc2ncc(N)s2)no1. The number of aromatic nitrogens is 3. The van der Waals surface area contributed by atoms with E-state index in [1.807, 2.05) is 0 Å². The van der Waals surface area contributed by atoms with E-state index in [-0.39, 0.29) is 0 Å². The van der Waals surface area contributed by atoms with Crippen molar-refractivity contribution in [2.45, 2.75) is 13.5 Å². The van der Waals surface area contributed by atoms with Crippen molar-refractivity contribution in [3.8, 4) is 0 Å². The van der Waals surface area contributed by atoms with Gasteiger partial charge in [-0.15, -0.1) is 0 Å². The monoisotopic (exact) mass is 211 g/mol. The molecule has 0 spiro atoms. The van der Waals surface area contributed by atoms with Gasteiger partial charge in [0, 0.05) is 6.92 Å². The van der Waals surface area contributed by atoms with E-state index in [0.29, 0.717) is 23.3 Å². The van der Waals surface area contributed by atoms with Crippen molar-refractivity contribution in [1.29, 1.82) is 0 Å². The van der Waals surface area contributed by atoms with E-state index in [1.54, 1.807) is 13.1 Å². The molecule has 3 N–H and O–H groups in total. The highest BCUT2D eigenvalue weighted by atomic mass is 32.1. The average Bonchev–Trinajstić information content (AvgIpc) is 2.72. The number of hydrogen-bond donors (Lipinski definition) is 2. The Bertz CT molecular complexity index is 383. The maximum absolute atomic E-state index is 5.52. The van der Waals surface area contributed by atoms with Crippen LogP contribution in [0.1, 0.15) is 11.7 Å². The van der Waals surface area contributed by atoms with E-state index in [1.165, 1.54) is 11.3 Å². The van der Waals surface area contributed by atoms with Crippen LogP contribution in [0.2, 0.25) is 0 Å². The van der Waals surface area contributed by atoms with Crippen LogP contribution >= 0.6 is 11.3 Å². The molecule has 2 heterocycles. The minimum Gasteiger partial charge on any atom is -0.389 e. The van der Waals surface area contributed by atoms with Crippen LogP contribution in [-0.2, 0) is 6.54 Å². The van der Waals surface area contributed by atoms with Gasteiger partial charge in [-0.3, -0.25) is 0 Å². The molecule has 7 heteroatoms. The van der Waals surface area contributed by atoms with Crippen molar-refractivity contribution in [3.05, 3.63) is 17.9 Å². The van der Waals surface area contributed by atoms with Gasteiger partial charge in [-0.05, 0) is 0 Å². The zero-order chi connectivity index (χ0) is 9.97. The molecule has 74 valence electrons. The van der Waals surface area contributed by atoms with Gasteiger partial charge in [-0.2, -0.15) is 4.98 Å². The number of nitrogens with one attached hydrogen (secondary N) is 1. The molecule has 0 fully saturated rings. The summed E-state index contributed by atoms with van der Waals surface area (Å²) in [6.45, 7) is 2.24. The third-order valence-electron chi connectivity index (χ3n) is 1.49. The van der Waals surface area contributed by atoms with Gasteiger partial charge in [0.25, 0.3) is 0 Å². The first-order valence-corrected chi connectivity index (χ1v) is 4.80. The summed E-state index contributed by atoms with van der Waals surface area (Å²) >= 11 is 1.38. The molecule has 0 saturated carbocycles. The van der Waals surface area contributed by atoms with Gasteiger partial charge in [0.05, 0.1) is 12.7 Å². The number of thiazole rings is 1. The molecular formula is C7H9N5OS. The fraction of sp³-hybridized carbons (Fsp3) is 0.286. The lowest BCUT2D eigenvalue weighted by Gasteiger charge is -1.95. The molecule has 0 saturated heterocycles. The number of rotatable bonds is 3. The highest BCUT2D eigenvalue weighted by Crippen LogP contribution is 2.19. The van der Waals surface area contributed by atoms with Gasteiger partial charge in [-0.1, -0.05) is 16.5 Å². The number of nitrogen functional groups attached to an aromatic ring is 1.